The van der Waals surface area contributed by atoms with E-state index in [0.717, 1.165) is 0 Å². The van der Waals surface area contributed by atoms with Crippen LogP contribution >= 0.6 is 11.6 Å². The van der Waals surface area contributed by atoms with Gasteiger partial charge in [-0.25, -0.2) is 15.6 Å². The lowest BCUT2D eigenvalue weighted by Gasteiger charge is -2.16. The number of nitrogens with one attached hydrogen (secondary N) is 2. The van der Waals surface area contributed by atoms with E-state index in [1.54, 1.807) is 0 Å². The first-order valence-electron chi connectivity index (χ1n) is 5.59. The molecular formula is C11H15ClN4O3. The fraction of sp³-hybridized carbons (Fsp3) is 0.364. The maximum absolute atomic E-state index is 11.0. The Kier molecular flexibility index (Phi) is 5.53. The number of nitrogens with two attached hydrogens (primary N) is 1. The third kappa shape index (κ3) is 4.72. The van der Waals surface area contributed by atoms with Crippen molar-refractivity contribution in [1.29, 1.82) is 0 Å². The molecule has 0 saturated heterocycles. The zero-order valence-corrected chi connectivity index (χ0v) is 11.1. The van der Waals surface area contributed by atoms with E-state index in [9.17, 15) is 9.59 Å². The van der Waals surface area contributed by atoms with Gasteiger partial charge in [0, 0.05) is 18.7 Å². The molecule has 0 fully saturated rings. The molecule has 1 aromatic rings. The van der Waals surface area contributed by atoms with Gasteiger partial charge in [-0.05, 0) is 19.4 Å². The van der Waals surface area contributed by atoms with Crippen LogP contribution in [0.25, 0.3) is 0 Å². The summed E-state index contributed by atoms with van der Waals surface area (Å²) in [5, 5.41) is 12.2. The van der Waals surface area contributed by atoms with Crippen LogP contribution in [0.4, 0.5) is 5.69 Å². The fourth-order valence-corrected chi connectivity index (χ4v) is 1.64. The van der Waals surface area contributed by atoms with Crippen LogP contribution < -0.4 is 16.6 Å². The molecule has 0 saturated carbocycles. The number of carbonyl (C=O) groups is 2. The zero-order chi connectivity index (χ0) is 14.4. The van der Waals surface area contributed by atoms with Crippen molar-refractivity contribution in [3.63, 3.8) is 0 Å². The minimum Gasteiger partial charge on any atom is -0.478 e. The molecule has 0 aliphatic heterocycles. The molecule has 0 spiro atoms. The Balaban J connectivity index is 2.72. The van der Waals surface area contributed by atoms with E-state index in [1.165, 1.54) is 12.3 Å². The third-order valence-corrected chi connectivity index (χ3v) is 2.68. The number of anilines is 1. The lowest BCUT2D eigenvalue weighted by molar-refractivity contribution is -0.121. The molecule has 0 aromatic carbocycles. The molecule has 5 N–H and O–H groups in total. The number of aromatic carboxylic acids is 1. The number of hydrogen-bond acceptors (Lipinski definition) is 5. The van der Waals surface area contributed by atoms with Crippen LogP contribution in [-0.4, -0.2) is 28.0 Å². The number of hydrogen-bond donors (Lipinski definition) is 4. The Labute approximate surface area is 115 Å². The normalized spacial score (nSPS) is 11.7. The summed E-state index contributed by atoms with van der Waals surface area (Å²) in [7, 11) is 0. The number of nitrogens with zero attached hydrogens (tertiary/aromatic N) is 1. The number of carboxylic acids is 1. The zero-order valence-electron chi connectivity index (χ0n) is 10.3. The molecule has 0 bridgehead atoms. The topological polar surface area (TPSA) is 117 Å². The van der Waals surface area contributed by atoms with Crippen LogP contribution in [0.5, 0.6) is 0 Å². The summed E-state index contributed by atoms with van der Waals surface area (Å²) in [4.78, 5) is 25.8. The largest absolute Gasteiger partial charge is 0.478 e. The van der Waals surface area contributed by atoms with E-state index < -0.39 is 5.97 Å². The van der Waals surface area contributed by atoms with Crippen molar-refractivity contribution in [2.45, 2.75) is 25.8 Å². The monoisotopic (exact) mass is 286 g/mol. The first-order chi connectivity index (χ1) is 8.93. The van der Waals surface area contributed by atoms with Gasteiger partial charge in [-0.3, -0.25) is 10.2 Å². The lowest BCUT2D eigenvalue weighted by Crippen LogP contribution is -2.31. The smallest absolute Gasteiger partial charge is 0.339 e. The average molecular weight is 287 g/mol. The van der Waals surface area contributed by atoms with Gasteiger partial charge < -0.3 is 10.4 Å². The number of pyridine rings is 1. The maximum Gasteiger partial charge on any atom is 0.339 e. The van der Waals surface area contributed by atoms with Gasteiger partial charge in [0.15, 0.2) is 0 Å². The number of halogens is 1. The molecule has 1 unspecified atom stereocenters. The van der Waals surface area contributed by atoms with Crippen molar-refractivity contribution in [1.82, 2.24) is 10.4 Å². The molecule has 7 nitrogen and oxygen atoms in total. The third-order valence-electron chi connectivity index (χ3n) is 2.47. The van der Waals surface area contributed by atoms with E-state index >= 15 is 0 Å². The second kappa shape index (κ2) is 6.91. The summed E-state index contributed by atoms with van der Waals surface area (Å²) in [6.07, 6.45) is 1.93. The summed E-state index contributed by atoms with van der Waals surface area (Å²) < 4.78 is 0. The van der Waals surface area contributed by atoms with Crippen LogP contribution in [0, 0.1) is 0 Å². The van der Waals surface area contributed by atoms with Crippen molar-refractivity contribution in [2.75, 3.05) is 5.32 Å². The highest BCUT2D eigenvalue weighted by atomic mass is 35.5. The second-order valence-corrected chi connectivity index (χ2v) is 4.40. The standard InChI is InChI=1S/C11H15ClN4O3/c1-6(2-3-10(17)16-13)15-8-4-9(12)14-5-7(8)11(18)19/h4-6H,2-3,13H2,1H3,(H,14,15)(H,16,17)(H,18,19). The van der Waals surface area contributed by atoms with E-state index in [2.05, 4.69) is 10.3 Å². The Morgan fingerprint density at radius 2 is 2.26 bits per heavy atom. The van der Waals surface area contributed by atoms with Gasteiger partial charge in [-0.2, -0.15) is 0 Å². The molecule has 0 aliphatic rings. The molecule has 1 aromatic heterocycles. The Bertz CT molecular complexity index is 481. The molecule has 104 valence electrons. The summed E-state index contributed by atoms with van der Waals surface area (Å²) in [6, 6.07) is 1.32. The van der Waals surface area contributed by atoms with Gasteiger partial charge in [0.1, 0.15) is 10.7 Å². The predicted molar refractivity (Wildman–Crippen MR) is 70.9 cm³/mol. The van der Waals surface area contributed by atoms with Crippen LogP contribution in [0.3, 0.4) is 0 Å². The van der Waals surface area contributed by atoms with Gasteiger partial charge in [-0.1, -0.05) is 11.6 Å². The SMILES string of the molecule is CC(CCC(=O)NN)Nc1cc(Cl)ncc1C(=O)O. The highest BCUT2D eigenvalue weighted by Gasteiger charge is 2.14. The number of rotatable bonds is 6. The molecule has 1 heterocycles. The van der Waals surface area contributed by atoms with Gasteiger partial charge in [0.05, 0.1) is 5.69 Å². The number of hydrazine groups is 1. The Morgan fingerprint density at radius 3 is 2.84 bits per heavy atom. The summed E-state index contributed by atoms with van der Waals surface area (Å²) in [6.45, 7) is 1.82. The molecular weight excluding hydrogens is 272 g/mol. The molecule has 19 heavy (non-hydrogen) atoms. The van der Waals surface area contributed by atoms with Gasteiger partial charge in [0.25, 0.3) is 0 Å². The van der Waals surface area contributed by atoms with Gasteiger partial charge >= 0.3 is 5.97 Å². The van der Waals surface area contributed by atoms with Crippen LogP contribution in [0.15, 0.2) is 12.3 Å². The molecule has 1 amide bonds. The minimum absolute atomic E-state index is 0.0273. The molecule has 8 heteroatoms. The van der Waals surface area contributed by atoms with Crippen LogP contribution in [0.2, 0.25) is 5.15 Å². The van der Waals surface area contributed by atoms with E-state index in [0.29, 0.717) is 12.1 Å². The Hall–Kier alpha value is -1.86. The Morgan fingerprint density at radius 1 is 1.58 bits per heavy atom. The second-order valence-electron chi connectivity index (χ2n) is 4.01. The summed E-state index contributed by atoms with van der Waals surface area (Å²) >= 11 is 5.73. The fourth-order valence-electron chi connectivity index (χ4n) is 1.48. The van der Waals surface area contributed by atoms with Gasteiger partial charge in [-0.15, -0.1) is 0 Å². The van der Waals surface area contributed by atoms with Crippen molar-refractivity contribution in [3.05, 3.63) is 23.0 Å². The van der Waals surface area contributed by atoms with Crippen molar-refractivity contribution >= 4 is 29.2 Å². The van der Waals surface area contributed by atoms with Crippen molar-refractivity contribution in [2.24, 2.45) is 5.84 Å². The number of carbonyl (C=O) groups excluding carboxylic acids is 1. The molecule has 1 atom stereocenters. The van der Waals surface area contributed by atoms with E-state index in [-0.39, 0.29) is 29.1 Å². The number of carboxylic acid groups (broad SMARTS) is 1. The van der Waals surface area contributed by atoms with E-state index in [4.69, 9.17) is 22.6 Å². The highest BCUT2D eigenvalue weighted by molar-refractivity contribution is 6.29. The van der Waals surface area contributed by atoms with Crippen LogP contribution in [0.1, 0.15) is 30.1 Å². The quantitative estimate of drug-likeness (QED) is 0.268. The lowest BCUT2D eigenvalue weighted by atomic mass is 10.1. The maximum atomic E-state index is 11.0. The average Bonchev–Trinajstić information content (AvgIpc) is 2.35. The molecule has 0 radical (unpaired) electrons. The minimum atomic E-state index is -1.10. The van der Waals surface area contributed by atoms with E-state index in [1.807, 2.05) is 12.3 Å². The summed E-state index contributed by atoms with van der Waals surface area (Å²) in [5.74, 6) is 3.59. The predicted octanol–water partition coefficient (Wildman–Crippen LogP) is 1.00. The van der Waals surface area contributed by atoms with Gasteiger partial charge in [0.2, 0.25) is 5.91 Å². The highest BCUT2D eigenvalue weighted by Crippen LogP contribution is 2.20. The number of aromatic nitrogens is 1. The first-order valence-corrected chi connectivity index (χ1v) is 5.96. The van der Waals surface area contributed by atoms with Crippen molar-refractivity contribution < 1.29 is 14.7 Å². The molecule has 0 aliphatic carbocycles. The summed E-state index contributed by atoms with van der Waals surface area (Å²) in [5.41, 5.74) is 2.43. The number of amides is 1. The first kappa shape index (κ1) is 15.2. The van der Waals surface area contributed by atoms with Crippen molar-refractivity contribution in [3.8, 4) is 0 Å². The molecule has 1 rings (SSSR count). The van der Waals surface area contributed by atoms with Crippen LogP contribution in [-0.2, 0) is 4.79 Å².